The Labute approximate surface area is 369 Å². The van der Waals surface area contributed by atoms with Gasteiger partial charge in [-0.05, 0) is 112 Å². The lowest BCUT2D eigenvalue weighted by atomic mass is 9.65. The zero-order valence-corrected chi connectivity index (χ0v) is 35.1. The van der Waals surface area contributed by atoms with Gasteiger partial charge in [-0.1, -0.05) is 146 Å². The van der Waals surface area contributed by atoms with Crippen molar-refractivity contribution < 1.29 is 4.74 Å². The third kappa shape index (κ3) is 4.23. The molecule has 2 aromatic heterocycles. The average molecular weight is 818 g/mol. The highest BCUT2D eigenvalue weighted by atomic mass is 16.5. The van der Waals surface area contributed by atoms with Gasteiger partial charge in [0.2, 0.25) is 0 Å². The highest BCUT2D eigenvalue weighted by molar-refractivity contribution is 6.14. The van der Waals surface area contributed by atoms with Gasteiger partial charge in [-0.15, -0.1) is 0 Å². The molecule has 2 aliphatic carbocycles. The predicted octanol–water partition coefficient (Wildman–Crippen LogP) is 15.0. The molecule has 15 rings (SSSR count). The number of benzene rings is 9. The SMILES string of the molecule is CC1C=CC2=C(C1)N(c1ccc3c(c1)c1ccccc1n3-c1ccc3ccccc3c1)c1c(ccc3c1-c1ccccc1C31c3ccccc3-n3c4ccccc4c4cccc1c43)O2. The summed E-state index contributed by atoms with van der Waals surface area (Å²) < 4.78 is 12.0. The minimum atomic E-state index is -0.571. The quantitative estimate of drug-likeness (QED) is 0.173. The van der Waals surface area contributed by atoms with Crippen LogP contribution in [0.25, 0.3) is 76.9 Å². The molecule has 2 atom stereocenters. The zero-order valence-electron chi connectivity index (χ0n) is 35.1. The highest BCUT2D eigenvalue weighted by Gasteiger charge is 2.52. The summed E-state index contributed by atoms with van der Waals surface area (Å²) in [6, 6.07) is 70.2. The van der Waals surface area contributed by atoms with Crippen molar-refractivity contribution in [1.82, 2.24) is 9.13 Å². The molecule has 1 spiro atoms. The van der Waals surface area contributed by atoms with Crippen LogP contribution in [0.1, 0.15) is 35.6 Å². The van der Waals surface area contributed by atoms with Crippen LogP contribution in [-0.2, 0) is 5.41 Å². The number of ether oxygens (including phenoxy) is 1. The fraction of sp³-hybridized carbons (Fsp3) is 0.0667. The van der Waals surface area contributed by atoms with Gasteiger partial charge < -0.3 is 18.8 Å². The van der Waals surface area contributed by atoms with E-state index < -0.39 is 5.41 Å². The molecule has 4 heterocycles. The fourth-order valence-corrected chi connectivity index (χ4v) is 12.3. The van der Waals surface area contributed by atoms with Gasteiger partial charge in [0.25, 0.3) is 0 Å². The van der Waals surface area contributed by atoms with Gasteiger partial charge in [-0.2, -0.15) is 0 Å². The van der Waals surface area contributed by atoms with Crippen LogP contribution >= 0.6 is 0 Å². The number of hydrogen-bond donors (Lipinski definition) is 0. The lowest BCUT2D eigenvalue weighted by Crippen LogP contribution is -2.33. The lowest BCUT2D eigenvalue weighted by molar-refractivity contribution is 0.414. The number of aromatic nitrogens is 2. The van der Waals surface area contributed by atoms with E-state index in [1.165, 1.54) is 99.1 Å². The molecule has 9 aromatic carbocycles. The number of hydrogen-bond acceptors (Lipinski definition) is 2. The van der Waals surface area contributed by atoms with Gasteiger partial charge in [0.15, 0.2) is 5.75 Å². The van der Waals surface area contributed by atoms with Crippen molar-refractivity contribution in [2.75, 3.05) is 4.90 Å². The normalized spacial score (nSPS) is 17.9. The summed E-state index contributed by atoms with van der Waals surface area (Å²) in [6.07, 6.45) is 5.35. The van der Waals surface area contributed by atoms with Gasteiger partial charge in [0.1, 0.15) is 5.76 Å². The minimum Gasteiger partial charge on any atom is -0.453 e. The lowest BCUT2D eigenvalue weighted by Gasteiger charge is -2.41. The van der Waals surface area contributed by atoms with Gasteiger partial charge >= 0.3 is 0 Å². The van der Waals surface area contributed by atoms with E-state index in [0.717, 1.165) is 35.0 Å². The third-order valence-corrected chi connectivity index (χ3v) is 14.8. The van der Waals surface area contributed by atoms with Crippen molar-refractivity contribution in [1.29, 1.82) is 0 Å². The van der Waals surface area contributed by atoms with Crippen molar-refractivity contribution in [3.05, 3.63) is 234 Å². The largest absolute Gasteiger partial charge is 0.453 e. The molecule has 2 aliphatic heterocycles. The summed E-state index contributed by atoms with van der Waals surface area (Å²) in [5.74, 6) is 2.14. The first kappa shape index (κ1) is 34.5. The van der Waals surface area contributed by atoms with E-state index in [-0.39, 0.29) is 0 Å². The molecule has 11 aromatic rings. The van der Waals surface area contributed by atoms with E-state index in [1.807, 2.05) is 0 Å². The smallest absolute Gasteiger partial charge is 0.152 e. The van der Waals surface area contributed by atoms with E-state index in [0.29, 0.717) is 5.92 Å². The Bertz CT molecular complexity index is 3950. The van der Waals surface area contributed by atoms with Gasteiger partial charge in [0, 0.05) is 38.5 Å². The van der Waals surface area contributed by atoms with Gasteiger partial charge in [0.05, 0.1) is 44.6 Å². The highest BCUT2D eigenvalue weighted by Crippen LogP contribution is 2.65. The molecule has 2 unspecified atom stereocenters. The summed E-state index contributed by atoms with van der Waals surface area (Å²) in [5, 5.41) is 7.49. The first-order valence-corrected chi connectivity index (χ1v) is 22.5. The monoisotopic (exact) mass is 817 g/mol. The van der Waals surface area contributed by atoms with Gasteiger partial charge in [-0.3, -0.25) is 0 Å². The second kappa shape index (κ2) is 12.3. The number of anilines is 2. The van der Waals surface area contributed by atoms with Crippen molar-refractivity contribution in [3.8, 4) is 28.3 Å². The average Bonchev–Trinajstić information content (AvgIpc) is 3.97. The maximum Gasteiger partial charge on any atom is 0.152 e. The fourth-order valence-electron chi connectivity index (χ4n) is 12.3. The van der Waals surface area contributed by atoms with E-state index in [2.05, 4.69) is 221 Å². The Kier molecular flexibility index (Phi) is 6.63. The Morgan fingerprint density at radius 1 is 0.516 bits per heavy atom. The Balaban J connectivity index is 1.03. The van der Waals surface area contributed by atoms with E-state index >= 15 is 0 Å². The summed E-state index contributed by atoms with van der Waals surface area (Å²) in [4.78, 5) is 2.57. The molecule has 0 bridgehead atoms. The van der Waals surface area contributed by atoms with Crippen molar-refractivity contribution in [2.24, 2.45) is 5.92 Å². The van der Waals surface area contributed by atoms with Crippen LogP contribution in [-0.4, -0.2) is 9.13 Å². The molecule has 4 nitrogen and oxygen atoms in total. The van der Waals surface area contributed by atoms with Crippen molar-refractivity contribution in [2.45, 2.75) is 18.8 Å². The van der Waals surface area contributed by atoms with Crippen LogP contribution in [0, 0.1) is 5.92 Å². The standard InChI is InChI=1S/C60H39N3O/c1-36-25-31-55-54(33-36)62(40-28-30-52-45(35-40)42-16-6-9-22-50(42)61(52)39-27-26-37-13-2-3-14-38(37)34-39)59-56(64-55)32-29-48-57(59)44-17-4-7-19-46(44)60(48)47-20-8-11-24-53(47)63-51-23-10-5-15-41(51)43-18-12-21-49(60)58(43)63/h2-32,34-36H,33H2,1H3. The van der Waals surface area contributed by atoms with E-state index in [1.54, 1.807) is 0 Å². The number of rotatable bonds is 2. The maximum absolute atomic E-state index is 7.07. The predicted molar refractivity (Wildman–Crippen MR) is 263 cm³/mol. The molecule has 0 saturated heterocycles. The van der Waals surface area contributed by atoms with Crippen LogP contribution in [0.15, 0.2) is 212 Å². The summed E-state index contributed by atoms with van der Waals surface area (Å²) in [6.45, 7) is 2.31. The second-order valence-corrected chi connectivity index (χ2v) is 18.1. The zero-order chi connectivity index (χ0) is 41.8. The van der Waals surface area contributed by atoms with Crippen LogP contribution in [0.4, 0.5) is 11.4 Å². The molecule has 0 radical (unpaired) electrons. The molecule has 64 heavy (non-hydrogen) atoms. The molecule has 4 aliphatic rings. The van der Waals surface area contributed by atoms with Crippen molar-refractivity contribution in [3.63, 3.8) is 0 Å². The Morgan fingerprint density at radius 3 is 2.09 bits per heavy atom. The van der Waals surface area contributed by atoms with Crippen LogP contribution < -0.4 is 9.64 Å². The molecular formula is C60H39N3O. The third-order valence-electron chi connectivity index (χ3n) is 14.8. The first-order chi connectivity index (χ1) is 31.7. The Morgan fingerprint density at radius 2 is 1.20 bits per heavy atom. The molecule has 0 N–H and O–H groups in total. The molecule has 0 amide bonds. The second-order valence-electron chi connectivity index (χ2n) is 18.1. The minimum absolute atomic E-state index is 0.352. The van der Waals surface area contributed by atoms with Crippen LogP contribution in [0.3, 0.4) is 0 Å². The topological polar surface area (TPSA) is 22.3 Å². The summed E-state index contributed by atoms with van der Waals surface area (Å²) in [7, 11) is 0. The number of para-hydroxylation sites is 4. The molecule has 4 heteroatoms. The van der Waals surface area contributed by atoms with Crippen molar-refractivity contribution >= 4 is 65.8 Å². The number of fused-ring (bicyclic) bond motifs is 18. The molecule has 0 fully saturated rings. The number of nitrogens with zero attached hydrogens (tertiary/aromatic N) is 3. The summed E-state index contributed by atoms with van der Waals surface area (Å²) >= 11 is 0. The van der Waals surface area contributed by atoms with E-state index in [9.17, 15) is 0 Å². The van der Waals surface area contributed by atoms with E-state index in [4.69, 9.17) is 4.74 Å². The van der Waals surface area contributed by atoms with Gasteiger partial charge in [-0.25, -0.2) is 0 Å². The molecular weight excluding hydrogens is 779 g/mol. The maximum atomic E-state index is 7.07. The van der Waals surface area contributed by atoms with Crippen LogP contribution in [0.2, 0.25) is 0 Å². The first-order valence-electron chi connectivity index (χ1n) is 22.5. The van der Waals surface area contributed by atoms with Crippen LogP contribution in [0.5, 0.6) is 5.75 Å². The molecule has 300 valence electrons. The number of allylic oxidation sites excluding steroid dienone is 3. The Hall–Kier alpha value is -8.08. The molecule has 0 saturated carbocycles. The summed E-state index contributed by atoms with van der Waals surface area (Å²) in [5.41, 5.74) is 17.8.